The lowest BCUT2D eigenvalue weighted by molar-refractivity contribution is -0.227. The number of ether oxygens (including phenoxy) is 1. The molecule has 4 aliphatic carbocycles. The molecule has 0 amide bonds. The van der Waals surface area contributed by atoms with E-state index in [4.69, 9.17) is 4.74 Å². The van der Waals surface area contributed by atoms with Crippen LogP contribution in [0.5, 0.6) is 0 Å². The molecule has 2 spiro atoms. The first-order valence-corrected chi connectivity index (χ1v) is 9.58. The van der Waals surface area contributed by atoms with Crippen molar-refractivity contribution >= 4 is 11.8 Å². The molecule has 1 aliphatic heterocycles. The van der Waals surface area contributed by atoms with E-state index in [2.05, 4.69) is 6.58 Å². The van der Waals surface area contributed by atoms with Crippen molar-refractivity contribution in [2.45, 2.75) is 63.9 Å². The van der Waals surface area contributed by atoms with E-state index in [-0.39, 0.29) is 5.92 Å². The second kappa shape index (κ2) is 4.59. The lowest BCUT2D eigenvalue weighted by atomic mass is 9.39. The van der Waals surface area contributed by atoms with Crippen molar-refractivity contribution in [1.82, 2.24) is 0 Å². The van der Waals surface area contributed by atoms with Crippen LogP contribution in [0.4, 0.5) is 0 Å². The van der Waals surface area contributed by atoms with E-state index in [0.717, 1.165) is 0 Å². The van der Waals surface area contributed by atoms with Crippen LogP contribution in [0.15, 0.2) is 12.2 Å². The summed E-state index contributed by atoms with van der Waals surface area (Å²) in [5.41, 5.74) is -2.52. The van der Waals surface area contributed by atoms with Crippen LogP contribution in [-0.2, 0) is 14.3 Å². The number of hydrogen-bond acceptors (Lipinski definition) is 6. The van der Waals surface area contributed by atoms with Gasteiger partial charge in [0.05, 0.1) is 17.6 Å². The zero-order valence-electron chi connectivity index (χ0n) is 15.1. The highest BCUT2D eigenvalue weighted by Crippen LogP contribution is 2.73. The summed E-state index contributed by atoms with van der Waals surface area (Å²) in [5, 5.41) is 33.2. The molecule has 1 saturated heterocycles. The van der Waals surface area contributed by atoms with Gasteiger partial charge in [-0.1, -0.05) is 20.4 Å². The Balaban J connectivity index is 1.81. The maximum atomic E-state index is 13.5. The van der Waals surface area contributed by atoms with E-state index >= 15 is 0 Å². The van der Waals surface area contributed by atoms with Gasteiger partial charge < -0.3 is 20.1 Å². The van der Waals surface area contributed by atoms with E-state index in [1.54, 1.807) is 0 Å². The monoisotopic (exact) mass is 362 g/mol. The van der Waals surface area contributed by atoms with Crippen LogP contribution in [0.2, 0.25) is 0 Å². The number of aliphatic hydroxyl groups excluding tert-OH is 3. The molecule has 1 heterocycles. The fourth-order valence-electron chi connectivity index (χ4n) is 7.63. The van der Waals surface area contributed by atoms with Gasteiger partial charge in [0.25, 0.3) is 0 Å². The number of aliphatic hydroxyl groups is 3. The van der Waals surface area contributed by atoms with E-state index in [9.17, 15) is 24.9 Å². The number of esters is 1. The second-order valence-electron chi connectivity index (χ2n) is 9.84. The van der Waals surface area contributed by atoms with Crippen molar-refractivity contribution in [2.24, 2.45) is 34.0 Å². The highest BCUT2D eigenvalue weighted by atomic mass is 16.6. The molecule has 5 aliphatic rings. The molecule has 0 aromatic heterocycles. The maximum Gasteiger partial charge on any atom is 0.315 e. The number of fused-ring (bicyclic) bond motifs is 1. The summed E-state index contributed by atoms with van der Waals surface area (Å²) in [4.78, 5) is 26.7. The molecule has 0 aromatic carbocycles. The summed E-state index contributed by atoms with van der Waals surface area (Å²) in [6.45, 7) is 7.87. The van der Waals surface area contributed by atoms with Crippen LogP contribution < -0.4 is 0 Å². The van der Waals surface area contributed by atoms with Gasteiger partial charge in [-0.3, -0.25) is 9.59 Å². The van der Waals surface area contributed by atoms with Crippen molar-refractivity contribution in [3.8, 4) is 0 Å². The Morgan fingerprint density at radius 3 is 2.54 bits per heavy atom. The molecular formula is C20H26O6. The lowest BCUT2D eigenvalue weighted by Crippen LogP contribution is -2.73. The van der Waals surface area contributed by atoms with Gasteiger partial charge in [0.2, 0.25) is 0 Å². The predicted octanol–water partition coefficient (Wildman–Crippen LogP) is 0.582. The van der Waals surface area contributed by atoms with Gasteiger partial charge in [0.15, 0.2) is 5.78 Å². The van der Waals surface area contributed by atoms with Crippen LogP contribution in [0.3, 0.4) is 0 Å². The van der Waals surface area contributed by atoms with Crippen molar-refractivity contribution in [3.63, 3.8) is 0 Å². The number of carbonyl (C=O) groups excluding carboxylic acids is 2. The smallest absolute Gasteiger partial charge is 0.315 e. The highest BCUT2D eigenvalue weighted by molar-refractivity contribution is 5.97. The molecule has 9 unspecified atom stereocenters. The zero-order valence-corrected chi connectivity index (χ0v) is 15.1. The third kappa shape index (κ3) is 1.47. The van der Waals surface area contributed by atoms with Gasteiger partial charge in [-0.2, -0.15) is 0 Å². The third-order valence-electron chi connectivity index (χ3n) is 8.53. The maximum absolute atomic E-state index is 13.5. The van der Waals surface area contributed by atoms with E-state index in [1.807, 2.05) is 13.8 Å². The first-order valence-electron chi connectivity index (χ1n) is 9.58. The Morgan fingerprint density at radius 1 is 1.15 bits per heavy atom. The second-order valence-corrected chi connectivity index (χ2v) is 9.84. The average molecular weight is 362 g/mol. The van der Waals surface area contributed by atoms with Crippen molar-refractivity contribution in [3.05, 3.63) is 12.2 Å². The summed E-state index contributed by atoms with van der Waals surface area (Å²) in [5.74, 6) is -2.32. The largest absolute Gasteiger partial charge is 0.461 e. The van der Waals surface area contributed by atoms with Crippen LogP contribution in [0, 0.1) is 34.0 Å². The molecule has 2 bridgehead atoms. The Kier molecular flexibility index (Phi) is 2.99. The van der Waals surface area contributed by atoms with Crippen molar-refractivity contribution < 1.29 is 29.6 Å². The first-order chi connectivity index (χ1) is 12.1. The minimum atomic E-state index is -1.40. The van der Waals surface area contributed by atoms with E-state index in [1.165, 1.54) is 0 Å². The minimum absolute atomic E-state index is 0.101. The fourth-order valence-corrected chi connectivity index (χ4v) is 7.63. The number of Topliss-reactive ketones (excluding diaryl/α,β-unsaturated/α-hetero) is 1. The number of carbonyl (C=O) groups is 2. The Labute approximate surface area is 152 Å². The first kappa shape index (κ1) is 16.9. The molecular weight excluding hydrogens is 336 g/mol. The third-order valence-corrected chi connectivity index (χ3v) is 8.53. The summed E-state index contributed by atoms with van der Waals surface area (Å²) in [7, 11) is 0. The molecule has 4 saturated carbocycles. The molecule has 0 aromatic rings. The van der Waals surface area contributed by atoms with Crippen LogP contribution in [0.25, 0.3) is 0 Å². The number of ketones is 1. The molecule has 0 radical (unpaired) electrons. The molecule has 26 heavy (non-hydrogen) atoms. The van der Waals surface area contributed by atoms with Crippen molar-refractivity contribution in [1.29, 1.82) is 0 Å². The Bertz CT molecular complexity index is 743. The molecule has 6 heteroatoms. The Hall–Kier alpha value is -1.24. The molecule has 9 atom stereocenters. The van der Waals surface area contributed by atoms with Crippen molar-refractivity contribution in [2.75, 3.05) is 0 Å². The average Bonchev–Trinajstić information content (AvgIpc) is 2.97. The van der Waals surface area contributed by atoms with Gasteiger partial charge >= 0.3 is 5.97 Å². The predicted molar refractivity (Wildman–Crippen MR) is 89.6 cm³/mol. The van der Waals surface area contributed by atoms with Crippen LogP contribution >= 0.6 is 0 Å². The highest BCUT2D eigenvalue weighted by Gasteiger charge is 2.83. The zero-order chi connectivity index (χ0) is 18.8. The van der Waals surface area contributed by atoms with Gasteiger partial charge in [-0.25, -0.2) is 0 Å². The van der Waals surface area contributed by atoms with Gasteiger partial charge in [-0.15, -0.1) is 0 Å². The molecule has 6 nitrogen and oxygen atoms in total. The normalized spacial score (nSPS) is 56.8. The Morgan fingerprint density at radius 2 is 1.85 bits per heavy atom. The molecule has 5 fully saturated rings. The standard InChI is InChI=1S/C20H26O6/c1-8-9-6-10-13-19(7-9,15(8)23)16(24)12(22)14-18(2,3)5-4-11(21)20(13,14)17(25)26-10/h9-15,21-23H,1,4-7H2,2-3H3. The van der Waals surface area contributed by atoms with E-state index < -0.39 is 64.2 Å². The summed E-state index contributed by atoms with van der Waals surface area (Å²) < 4.78 is 5.76. The van der Waals surface area contributed by atoms with Crippen LogP contribution in [0.1, 0.15) is 39.5 Å². The van der Waals surface area contributed by atoms with Gasteiger partial charge in [0.1, 0.15) is 17.6 Å². The quantitative estimate of drug-likeness (QED) is 0.430. The van der Waals surface area contributed by atoms with Gasteiger partial charge in [0, 0.05) is 11.8 Å². The minimum Gasteiger partial charge on any atom is -0.461 e. The summed E-state index contributed by atoms with van der Waals surface area (Å²) in [6, 6.07) is 0. The summed E-state index contributed by atoms with van der Waals surface area (Å²) >= 11 is 0. The number of rotatable bonds is 0. The topological polar surface area (TPSA) is 104 Å². The van der Waals surface area contributed by atoms with Crippen LogP contribution in [-0.4, -0.2) is 51.5 Å². The lowest BCUT2D eigenvalue weighted by Gasteiger charge is -2.62. The summed E-state index contributed by atoms with van der Waals surface area (Å²) in [6.07, 6.45) is -2.07. The fraction of sp³-hybridized carbons (Fsp3) is 0.800. The molecule has 3 N–H and O–H groups in total. The number of hydrogen-bond donors (Lipinski definition) is 3. The molecule has 5 rings (SSSR count). The van der Waals surface area contributed by atoms with E-state index in [0.29, 0.717) is 31.3 Å². The van der Waals surface area contributed by atoms with Gasteiger partial charge in [-0.05, 0) is 42.6 Å². The SMILES string of the molecule is C=C1C2CC3OC(=O)C45C(O)CCC(C)(C)C4C(O)C(=O)C(C2)(C1O)C35. The molecule has 142 valence electrons.